The first-order valence-electron chi connectivity index (χ1n) is 7.67. The van der Waals surface area contributed by atoms with Crippen molar-refractivity contribution in [2.45, 2.75) is 19.9 Å². The van der Waals surface area contributed by atoms with Crippen LogP contribution in [0.4, 0.5) is 0 Å². The van der Waals surface area contributed by atoms with Gasteiger partial charge in [-0.2, -0.15) is 0 Å². The summed E-state index contributed by atoms with van der Waals surface area (Å²) in [7, 11) is 0. The molecule has 0 fully saturated rings. The van der Waals surface area contributed by atoms with Gasteiger partial charge in [-0.05, 0) is 18.6 Å². The second-order valence-electron chi connectivity index (χ2n) is 5.39. The molecule has 0 aliphatic carbocycles. The molecular formula is C15H15N5O4. The highest BCUT2D eigenvalue weighted by Gasteiger charge is 2.18. The molecule has 1 aliphatic heterocycles. The Labute approximate surface area is 135 Å². The highest BCUT2D eigenvalue weighted by Crippen LogP contribution is 2.30. The quantitative estimate of drug-likeness (QED) is 0.729. The highest BCUT2D eigenvalue weighted by atomic mass is 16.6. The van der Waals surface area contributed by atoms with Gasteiger partial charge in [0.1, 0.15) is 24.4 Å². The average Bonchev–Trinajstić information content (AvgIpc) is 3.04. The summed E-state index contributed by atoms with van der Waals surface area (Å²) in [6, 6.07) is 3.47. The number of aromatic amines is 2. The third-order valence-electron chi connectivity index (χ3n) is 3.73. The maximum Gasteiger partial charge on any atom is 0.330 e. The van der Waals surface area contributed by atoms with Gasteiger partial charge in [0.05, 0.1) is 0 Å². The number of nitrogens with zero attached hydrogens (tertiary/aromatic N) is 3. The molecule has 0 bridgehead atoms. The van der Waals surface area contributed by atoms with E-state index in [4.69, 9.17) is 9.47 Å². The maximum absolute atomic E-state index is 12.0. The van der Waals surface area contributed by atoms with Crippen molar-refractivity contribution in [3.05, 3.63) is 33.0 Å². The number of pyridine rings is 1. The number of H-pyrrole nitrogens is 2. The molecule has 24 heavy (non-hydrogen) atoms. The molecule has 3 aromatic rings. The first kappa shape index (κ1) is 14.5. The zero-order valence-corrected chi connectivity index (χ0v) is 13.0. The van der Waals surface area contributed by atoms with Gasteiger partial charge in [-0.3, -0.25) is 14.3 Å². The van der Waals surface area contributed by atoms with E-state index < -0.39 is 11.2 Å². The van der Waals surface area contributed by atoms with E-state index in [1.165, 1.54) is 4.57 Å². The fourth-order valence-electron chi connectivity index (χ4n) is 2.66. The van der Waals surface area contributed by atoms with Crippen LogP contribution in [0.5, 0.6) is 11.6 Å². The lowest BCUT2D eigenvalue weighted by atomic mass is 10.3. The second-order valence-corrected chi connectivity index (χ2v) is 5.39. The molecule has 0 saturated carbocycles. The summed E-state index contributed by atoms with van der Waals surface area (Å²) >= 11 is 0. The smallest absolute Gasteiger partial charge is 0.330 e. The molecule has 0 amide bonds. The zero-order chi connectivity index (χ0) is 16.7. The second kappa shape index (κ2) is 5.52. The number of rotatable bonds is 3. The summed E-state index contributed by atoms with van der Waals surface area (Å²) in [6.45, 7) is 3.32. The van der Waals surface area contributed by atoms with Crippen molar-refractivity contribution in [3.8, 4) is 23.1 Å². The van der Waals surface area contributed by atoms with E-state index in [9.17, 15) is 9.59 Å². The number of fused-ring (bicyclic) bond motifs is 2. The summed E-state index contributed by atoms with van der Waals surface area (Å²) in [5.41, 5.74) is 0.0959. The lowest BCUT2D eigenvalue weighted by Gasteiger charge is -2.17. The zero-order valence-electron chi connectivity index (χ0n) is 13.0. The van der Waals surface area contributed by atoms with Crippen molar-refractivity contribution in [3.63, 3.8) is 0 Å². The standard InChI is InChI=1S/C15H15N5O4/c1-2-5-20-12-10(13(21)19-15(20)22)17-11(18-12)8-3-4-9-14(16-8)24-7-6-23-9/h3-4H,2,5-7H2,1H3,(H,17,18)(H,19,21,22). The number of hydrogen-bond donors (Lipinski definition) is 2. The molecule has 0 saturated heterocycles. The highest BCUT2D eigenvalue weighted by molar-refractivity contribution is 5.74. The molecule has 0 radical (unpaired) electrons. The summed E-state index contributed by atoms with van der Waals surface area (Å²) < 4.78 is 12.3. The number of imidazole rings is 1. The Kier molecular flexibility index (Phi) is 3.33. The van der Waals surface area contributed by atoms with Crippen molar-refractivity contribution in [1.82, 2.24) is 24.5 Å². The molecular weight excluding hydrogens is 314 g/mol. The van der Waals surface area contributed by atoms with Gasteiger partial charge in [0, 0.05) is 6.54 Å². The van der Waals surface area contributed by atoms with Crippen LogP contribution in [0.1, 0.15) is 13.3 Å². The van der Waals surface area contributed by atoms with Crippen LogP contribution in [0, 0.1) is 0 Å². The minimum absolute atomic E-state index is 0.245. The van der Waals surface area contributed by atoms with E-state index in [1.807, 2.05) is 6.92 Å². The largest absolute Gasteiger partial charge is 0.484 e. The first-order chi connectivity index (χ1) is 11.7. The van der Waals surface area contributed by atoms with Gasteiger partial charge in [0.25, 0.3) is 11.4 Å². The van der Waals surface area contributed by atoms with E-state index in [-0.39, 0.29) is 5.52 Å². The summed E-state index contributed by atoms with van der Waals surface area (Å²) in [4.78, 5) is 38.0. The minimum Gasteiger partial charge on any atom is -0.484 e. The van der Waals surface area contributed by atoms with Crippen LogP contribution >= 0.6 is 0 Å². The predicted molar refractivity (Wildman–Crippen MR) is 85.5 cm³/mol. The molecule has 9 heteroatoms. The monoisotopic (exact) mass is 329 g/mol. The Morgan fingerprint density at radius 1 is 1.17 bits per heavy atom. The van der Waals surface area contributed by atoms with E-state index in [0.717, 1.165) is 6.42 Å². The molecule has 0 atom stereocenters. The molecule has 4 rings (SSSR count). The Morgan fingerprint density at radius 2 is 2.00 bits per heavy atom. The van der Waals surface area contributed by atoms with Crippen LogP contribution in [0.15, 0.2) is 21.7 Å². The molecule has 3 aromatic heterocycles. The van der Waals surface area contributed by atoms with E-state index >= 15 is 0 Å². The van der Waals surface area contributed by atoms with E-state index in [0.29, 0.717) is 48.6 Å². The van der Waals surface area contributed by atoms with Gasteiger partial charge >= 0.3 is 5.69 Å². The van der Waals surface area contributed by atoms with Crippen LogP contribution < -0.4 is 20.7 Å². The molecule has 0 unspecified atom stereocenters. The Bertz CT molecular complexity index is 1030. The molecule has 4 heterocycles. The van der Waals surface area contributed by atoms with Crippen molar-refractivity contribution >= 4 is 11.2 Å². The van der Waals surface area contributed by atoms with Crippen LogP contribution in [0.2, 0.25) is 0 Å². The summed E-state index contributed by atoms with van der Waals surface area (Å²) in [6.07, 6.45) is 0.742. The summed E-state index contributed by atoms with van der Waals surface area (Å²) in [5.74, 6) is 1.35. The third-order valence-corrected chi connectivity index (χ3v) is 3.73. The molecule has 124 valence electrons. The van der Waals surface area contributed by atoms with Crippen molar-refractivity contribution < 1.29 is 9.47 Å². The molecule has 1 aliphatic rings. The first-order valence-corrected chi connectivity index (χ1v) is 7.67. The Balaban J connectivity index is 1.89. The van der Waals surface area contributed by atoms with Crippen LogP contribution in [-0.4, -0.2) is 37.7 Å². The molecule has 0 spiro atoms. The van der Waals surface area contributed by atoms with Crippen molar-refractivity contribution in [2.75, 3.05) is 13.2 Å². The maximum atomic E-state index is 12.0. The Hall–Kier alpha value is -3.10. The number of ether oxygens (including phenoxy) is 2. The van der Waals surface area contributed by atoms with Gasteiger partial charge < -0.3 is 14.5 Å². The van der Waals surface area contributed by atoms with E-state index in [1.54, 1.807) is 12.1 Å². The average molecular weight is 329 g/mol. The normalized spacial score (nSPS) is 13.4. The fraction of sp³-hybridized carbons (Fsp3) is 0.333. The van der Waals surface area contributed by atoms with Gasteiger partial charge in [-0.25, -0.2) is 14.8 Å². The third kappa shape index (κ3) is 2.25. The predicted octanol–water partition coefficient (Wildman–Crippen LogP) is 0.656. The van der Waals surface area contributed by atoms with Crippen LogP contribution in [-0.2, 0) is 6.54 Å². The number of aryl methyl sites for hydroxylation is 1. The number of nitrogens with one attached hydrogen (secondary N) is 2. The molecule has 2 N–H and O–H groups in total. The Morgan fingerprint density at radius 3 is 2.83 bits per heavy atom. The van der Waals surface area contributed by atoms with Crippen molar-refractivity contribution in [1.29, 1.82) is 0 Å². The molecule has 9 nitrogen and oxygen atoms in total. The number of aromatic nitrogens is 5. The van der Waals surface area contributed by atoms with Crippen LogP contribution in [0.3, 0.4) is 0 Å². The van der Waals surface area contributed by atoms with Gasteiger partial charge in [0.2, 0.25) is 0 Å². The van der Waals surface area contributed by atoms with E-state index in [2.05, 4.69) is 19.9 Å². The molecule has 0 aromatic carbocycles. The van der Waals surface area contributed by atoms with Crippen molar-refractivity contribution in [2.24, 2.45) is 0 Å². The SMILES string of the molecule is CCCn1c(=O)[nH]c(=O)c2[nH]c(-c3ccc4c(n3)OCCO4)nc21. The van der Waals surface area contributed by atoms with Crippen LogP contribution in [0.25, 0.3) is 22.7 Å². The van der Waals surface area contributed by atoms with Gasteiger partial charge in [-0.15, -0.1) is 0 Å². The fourth-order valence-corrected chi connectivity index (χ4v) is 2.66. The lowest BCUT2D eigenvalue weighted by molar-refractivity contribution is 0.164. The summed E-state index contributed by atoms with van der Waals surface area (Å²) in [5, 5.41) is 0. The topological polar surface area (TPSA) is 115 Å². The van der Waals surface area contributed by atoms with Gasteiger partial charge in [-0.1, -0.05) is 6.92 Å². The number of hydrogen-bond acceptors (Lipinski definition) is 6. The van der Waals surface area contributed by atoms with Gasteiger partial charge in [0.15, 0.2) is 17.2 Å². The lowest BCUT2D eigenvalue weighted by Crippen LogP contribution is -2.30. The minimum atomic E-state index is -0.501.